The summed E-state index contributed by atoms with van der Waals surface area (Å²) in [6.07, 6.45) is 2.87. The van der Waals surface area contributed by atoms with Crippen LogP contribution in [0.2, 0.25) is 0 Å². The molecule has 0 fully saturated rings. The van der Waals surface area contributed by atoms with Gasteiger partial charge in [0.1, 0.15) is 22.5 Å². The monoisotopic (exact) mass is 335 g/mol. The van der Waals surface area contributed by atoms with Crippen LogP contribution in [0.5, 0.6) is 0 Å². The Morgan fingerprint density at radius 2 is 2.17 bits per heavy atom. The normalized spacial score (nSPS) is 10.1. The predicted octanol–water partition coefficient (Wildman–Crippen LogP) is 2.79. The van der Waals surface area contributed by atoms with Gasteiger partial charge in [-0.3, -0.25) is 9.78 Å². The van der Waals surface area contributed by atoms with Crippen molar-refractivity contribution in [2.45, 2.75) is 6.54 Å². The molecule has 6 nitrogen and oxygen atoms in total. The highest BCUT2D eigenvalue weighted by Gasteiger charge is 2.06. The maximum absolute atomic E-state index is 11.1. The molecular weight excluding hydrogens is 322 g/mol. The first-order valence-electron chi connectivity index (χ1n) is 7.10. The number of amides is 1. The summed E-state index contributed by atoms with van der Waals surface area (Å²) < 4.78 is 0. The van der Waals surface area contributed by atoms with Crippen LogP contribution in [0, 0.1) is 11.3 Å². The Morgan fingerprint density at radius 1 is 1.29 bits per heavy atom. The van der Waals surface area contributed by atoms with E-state index in [4.69, 9.17) is 11.0 Å². The number of primary amides is 1. The molecule has 0 aliphatic rings. The number of benzene rings is 1. The van der Waals surface area contributed by atoms with E-state index in [2.05, 4.69) is 21.4 Å². The van der Waals surface area contributed by atoms with Crippen molar-refractivity contribution in [3.8, 4) is 16.5 Å². The van der Waals surface area contributed by atoms with Crippen LogP contribution in [0.25, 0.3) is 10.4 Å². The Labute approximate surface area is 142 Å². The molecule has 3 aromatic rings. The molecule has 118 valence electrons. The minimum absolute atomic E-state index is 0.122. The summed E-state index contributed by atoms with van der Waals surface area (Å²) in [5.74, 6) is -0.126. The number of thiophene rings is 1. The second-order valence-electron chi connectivity index (χ2n) is 4.98. The molecule has 0 aliphatic carbocycles. The first kappa shape index (κ1) is 15.6. The van der Waals surface area contributed by atoms with Gasteiger partial charge in [0.15, 0.2) is 0 Å². The van der Waals surface area contributed by atoms with Crippen molar-refractivity contribution in [1.29, 1.82) is 5.26 Å². The number of nitrogens with one attached hydrogen (secondary N) is 1. The molecule has 3 rings (SSSR count). The molecule has 0 spiro atoms. The van der Waals surface area contributed by atoms with Gasteiger partial charge in [0.25, 0.3) is 5.91 Å². The number of nitrogens with zero attached hydrogens (tertiary/aromatic N) is 3. The van der Waals surface area contributed by atoms with Crippen LogP contribution in [0.15, 0.2) is 48.8 Å². The Morgan fingerprint density at radius 3 is 2.92 bits per heavy atom. The number of rotatable bonds is 5. The van der Waals surface area contributed by atoms with Crippen molar-refractivity contribution < 1.29 is 4.79 Å². The number of nitriles is 1. The van der Waals surface area contributed by atoms with E-state index >= 15 is 0 Å². The second kappa shape index (κ2) is 6.89. The zero-order chi connectivity index (χ0) is 16.9. The third kappa shape index (κ3) is 3.56. The molecule has 2 heterocycles. The smallest absolute Gasteiger partial charge is 0.268 e. The zero-order valence-electron chi connectivity index (χ0n) is 12.6. The minimum Gasteiger partial charge on any atom is -0.365 e. The fourth-order valence-corrected chi connectivity index (χ4v) is 2.95. The van der Waals surface area contributed by atoms with Crippen molar-refractivity contribution >= 4 is 23.1 Å². The maximum atomic E-state index is 11.1. The summed E-state index contributed by atoms with van der Waals surface area (Å²) in [7, 11) is 0. The summed E-state index contributed by atoms with van der Waals surface area (Å²) in [5.41, 5.74) is 7.42. The molecule has 24 heavy (non-hydrogen) atoms. The average molecular weight is 335 g/mol. The lowest BCUT2D eigenvalue weighted by Gasteiger charge is -2.07. The molecule has 2 aromatic heterocycles. The van der Waals surface area contributed by atoms with Gasteiger partial charge in [0, 0.05) is 11.4 Å². The Kier molecular flexibility index (Phi) is 4.50. The van der Waals surface area contributed by atoms with E-state index in [0.29, 0.717) is 17.2 Å². The zero-order valence-corrected chi connectivity index (χ0v) is 13.4. The fourth-order valence-electron chi connectivity index (χ4n) is 2.15. The standard InChI is InChI=1S/C17H13N5OS/c18-7-13-4-5-15(24-13)12-3-1-2-11(6-12)8-21-16-10-20-9-14(22-16)17(19)23/h1-6,9-10H,8H2,(H2,19,23)(H,21,22). The summed E-state index contributed by atoms with van der Waals surface area (Å²) in [4.78, 5) is 20.9. The Hall–Kier alpha value is -3.24. The van der Waals surface area contributed by atoms with Gasteiger partial charge in [-0.15, -0.1) is 11.3 Å². The first-order valence-corrected chi connectivity index (χ1v) is 7.92. The fraction of sp³-hybridized carbons (Fsp3) is 0.0588. The van der Waals surface area contributed by atoms with E-state index in [9.17, 15) is 4.79 Å². The maximum Gasteiger partial charge on any atom is 0.268 e. The summed E-state index contributed by atoms with van der Waals surface area (Å²) in [6, 6.07) is 13.9. The van der Waals surface area contributed by atoms with Crippen LogP contribution in [0.4, 0.5) is 5.82 Å². The number of nitrogens with two attached hydrogens (primary N) is 1. The van der Waals surface area contributed by atoms with Gasteiger partial charge >= 0.3 is 0 Å². The summed E-state index contributed by atoms with van der Waals surface area (Å²) in [5, 5.41) is 12.0. The minimum atomic E-state index is -0.612. The van der Waals surface area contributed by atoms with Crippen LogP contribution in [-0.2, 0) is 6.54 Å². The Bertz CT molecular complexity index is 928. The molecular formula is C17H13N5OS. The van der Waals surface area contributed by atoms with E-state index < -0.39 is 5.91 Å². The molecule has 0 bridgehead atoms. The van der Waals surface area contributed by atoms with E-state index in [1.165, 1.54) is 23.7 Å². The van der Waals surface area contributed by atoms with Crippen molar-refractivity contribution in [3.05, 3.63) is 64.9 Å². The number of hydrogen-bond donors (Lipinski definition) is 2. The number of carbonyl (C=O) groups excluding carboxylic acids is 1. The molecule has 0 aliphatic heterocycles. The van der Waals surface area contributed by atoms with Crippen molar-refractivity contribution in [1.82, 2.24) is 9.97 Å². The van der Waals surface area contributed by atoms with Crippen LogP contribution in [-0.4, -0.2) is 15.9 Å². The number of hydrogen-bond acceptors (Lipinski definition) is 6. The SMILES string of the molecule is N#Cc1ccc(-c2cccc(CNc3cncc(C(N)=O)n3)c2)s1. The molecule has 0 saturated carbocycles. The second-order valence-corrected chi connectivity index (χ2v) is 6.07. The molecule has 0 saturated heterocycles. The highest BCUT2D eigenvalue weighted by Crippen LogP contribution is 2.28. The van der Waals surface area contributed by atoms with Gasteiger partial charge in [-0.1, -0.05) is 18.2 Å². The van der Waals surface area contributed by atoms with Crippen molar-refractivity contribution in [3.63, 3.8) is 0 Å². The lowest BCUT2D eigenvalue weighted by molar-refractivity contribution is 0.0995. The van der Waals surface area contributed by atoms with Gasteiger partial charge in [-0.2, -0.15) is 5.26 Å². The van der Waals surface area contributed by atoms with E-state index in [0.717, 1.165) is 16.0 Å². The topological polar surface area (TPSA) is 105 Å². The quantitative estimate of drug-likeness (QED) is 0.746. The molecule has 1 amide bonds. The average Bonchev–Trinajstić information content (AvgIpc) is 3.10. The van der Waals surface area contributed by atoms with Crippen molar-refractivity contribution in [2.24, 2.45) is 5.73 Å². The molecule has 7 heteroatoms. The van der Waals surface area contributed by atoms with Gasteiger partial charge in [0.2, 0.25) is 0 Å². The number of anilines is 1. The van der Waals surface area contributed by atoms with Gasteiger partial charge < -0.3 is 11.1 Å². The van der Waals surface area contributed by atoms with Crippen LogP contribution < -0.4 is 11.1 Å². The molecule has 0 unspecified atom stereocenters. The largest absolute Gasteiger partial charge is 0.365 e. The number of aromatic nitrogens is 2. The molecule has 1 aromatic carbocycles. The third-order valence-corrected chi connectivity index (χ3v) is 4.33. The van der Waals surface area contributed by atoms with Crippen LogP contribution in [0.1, 0.15) is 20.9 Å². The predicted molar refractivity (Wildman–Crippen MR) is 92.3 cm³/mol. The molecule has 0 atom stereocenters. The Balaban J connectivity index is 1.74. The van der Waals surface area contributed by atoms with E-state index in [1.807, 2.05) is 36.4 Å². The van der Waals surface area contributed by atoms with E-state index in [1.54, 1.807) is 0 Å². The summed E-state index contributed by atoms with van der Waals surface area (Å²) >= 11 is 1.46. The number of carbonyl (C=O) groups is 1. The lowest BCUT2D eigenvalue weighted by atomic mass is 10.1. The first-order chi connectivity index (χ1) is 11.7. The third-order valence-electron chi connectivity index (χ3n) is 3.29. The lowest BCUT2D eigenvalue weighted by Crippen LogP contribution is -2.14. The van der Waals surface area contributed by atoms with Crippen LogP contribution in [0.3, 0.4) is 0 Å². The highest BCUT2D eigenvalue weighted by atomic mass is 32.1. The van der Waals surface area contributed by atoms with Crippen molar-refractivity contribution in [2.75, 3.05) is 5.32 Å². The van der Waals surface area contributed by atoms with Gasteiger partial charge in [0.05, 0.1) is 12.4 Å². The highest BCUT2D eigenvalue weighted by molar-refractivity contribution is 7.16. The summed E-state index contributed by atoms with van der Waals surface area (Å²) in [6.45, 7) is 0.529. The van der Waals surface area contributed by atoms with Crippen LogP contribution >= 0.6 is 11.3 Å². The van der Waals surface area contributed by atoms with Gasteiger partial charge in [-0.05, 0) is 29.3 Å². The molecule has 3 N–H and O–H groups in total. The van der Waals surface area contributed by atoms with E-state index in [-0.39, 0.29) is 5.69 Å². The molecule has 0 radical (unpaired) electrons. The van der Waals surface area contributed by atoms with Gasteiger partial charge in [-0.25, -0.2) is 4.98 Å².